The molecule has 0 saturated carbocycles. The second-order valence-corrected chi connectivity index (χ2v) is 4.08. The number of carboxylic acid groups (broad SMARTS) is 1. The minimum atomic E-state index is -0.771. The predicted molar refractivity (Wildman–Crippen MR) is 66.4 cm³/mol. The van der Waals surface area contributed by atoms with Crippen LogP contribution in [0.2, 0.25) is 0 Å². The summed E-state index contributed by atoms with van der Waals surface area (Å²) in [7, 11) is 0. The Bertz CT molecular complexity index is 433. The molecule has 1 unspecified atom stereocenters. The van der Waals surface area contributed by atoms with E-state index in [1.807, 2.05) is 18.2 Å². The Morgan fingerprint density at radius 1 is 1.41 bits per heavy atom. The van der Waals surface area contributed by atoms with Crippen LogP contribution in [0.1, 0.15) is 0 Å². The zero-order chi connectivity index (χ0) is 12.3. The molecule has 0 radical (unpaired) electrons. The molecule has 0 spiro atoms. The van der Waals surface area contributed by atoms with Crippen LogP contribution < -0.4 is 10.6 Å². The smallest absolute Gasteiger partial charge is 0.312 e. The number of hydrogen-bond acceptors (Lipinski definition) is 3. The highest BCUT2D eigenvalue weighted by Gasteiger charge is 2.33. The van der Waals surface area contributed by atoms with Crippen molar-refractivity contribution in [3.05, 3.63) is 47.7 Å². The first kappa shape index (κ1) is 11.7. The van der Waals surface area contributed by atoms with E-state index in [0.717, 1.165) is 23.4 Å². The Kier molecular flexibility index (Phi) is 3.44. The minimum absolute atomic E-state index is 0.447. The molecule has 2 aliphatic rings. The van der Waals surface area contributed by atoms with E-state index in [2.05, 4.69) is 17.2 Å². The van der Waals surface area contributed by atoms with Crippen molar-refractivity contribution in [3.8, 4) is 0 Å². The molecule has 4 nitrogen and oxygen atoms in total. The first-order valence-corrected chi connectivity index (χ1v) is 5.63. The molecule has 3 N–H and O–H groups in total. The van der Waals surface area contributed by atoms with Crippen molar-refractivity contribution in [2.45, 2.75) is 0 Å². The highest BCUT2D eigenvalue weighted by atomic mass is 16.4. The lowest BCUT2D eigenvalue weighted by molar-refractivity contribution is -0.140. The Morgan fingerprint density at radius 2 is 2.24 bits per heavy atom. The summed E-state index contributed by atoms with van der Waals surface area (Å²) < 4.78 is 0. The zero-order valence-electron chi connectivity index (χ0n) is 9.57. The highest BCUT2D eigenvalue weighted by Crippen LogP contribution is 2.29. The van der Waals surface area contributed by atoms with Gasteiger partial charge in [0.1, 0.15) is 0 Å². The lowest BCUT2D eigenvalue weighted by Crippen LogP contribution is -2.37. The molecule has 0 fully saturated rings. The first-order chi connectivity index (χ1) is 8.24. The van der Waals surface area contributed by atoms with E-state index in [-0.39, 0.29) is 0 Å². The van der Waals surface area contributed by atoms with Crippen molar-refractivity contribution < 1.29 is 9.90 Å². The van der Waals surface area contributed by atoms with Crippen LogP contribution in [-0.4, -0.2) is 30.7 Å². The van der Waals surface area contributed by atoms with Gasteiger partial charge < -0.3 is 15.7 Å². The molecule has 0 aromatic heterocycles. The predicted octanol–water partition coefficient (Wildman–Crippen LogP) is 0.816. The molecule has 0 bridgehead atoms. The van der Waals surface area contributed by atoms with E-state index in [0.29, 0.717) is 13.1 Å². The van der Waals surface area contributed by atoms with Gasteiger partial charge in [-0.3, -0.25) is 4.79 Å². The summed E-state index contributed by atoms with van der Waals surface area (Å²) in [6.45, 7) is 5.53. The molecule has 0 aromatic carbocycles. The fourth-order valence-corrected chi connectivity index (χ4v) is 2.23. The van der Waals surface area contributed by atoms with Gasteiger partial charge in [-0.2, -0.15) is 0 Å². The molecule has 2 aliphatic heterocycles. The molecule has 90 valence electrons. The summed E-state index contributed by atoms with van der Waals surface area (Å²) in [5.41, 5.74) is 3.03. The number of aliphatic carboxylic acids is 1. The summed E-state index contributed by atoms with van der Waals surface area (Å²) in [4.78, 5) is 11.2. The van der Waals surface area contributed by atoms with Crippen LogP contribution in [0.15, 0.2) is 47.7 Å². The van der Waals surface area contributed by atoms with Gasteiger partial charge in [0, 0.05) is 25.3 Å². The van der Waals surface area contributed by atoms with Crippen molar-refractivity contribution in [1.29, 1.82) is 0 Å². The SMILES string of the molecule is C=C/C=C\C=C1/CNC2=C1C(C(=O)O)CNC2. The van der Waals surface area contributed by atoms with E-state index in [1.54, 1.807) is 6.08 Å². The van der Waals surface area contributed by atoms with Gasteiger partial charge in [0.25, 0.3) is 0 Å². The number of carbonyl (C=O) groups is 1. The number of carboxylic acids is 1. The molecule has 0 aromatic rings. The van der Waals surface area contributed by atoms with E-state index >= 15 is 0 Å². The summed E-state index contributed by atoms with van der Waals surface area (Å²) in [6, 6.07) is 0. The standard InChI is InChI=1S/C13H16N2O2/c1-2-3-4-5-9-6-15-11-8-14-7-10(12(9)11)13(16)17/h2-5,10,14-15H,1,6-8H2,(H,16,17)/b4-3-,9-5+. The fraction of sp³-hybridized carbons (Fsp3) is 0.308. The third kappa shape index (κ3) is 2.31. The summed E-state index contributed by atoms with van der Waals surface area (Å²) in [6.07, 6.45) is 7.38. The van der Waals surface area contributed by atoms with Crippen LogP contribution in [0.5, 0.6) is 0 Å². The average molecular weight is 232 g/mol. The molecule has 2 heterocycles. The Labute approximate surface area is 100 Å². The summed E-state index contributed by atoms with van der Waals surface area (Å²) in [5.74, 6) is -1.22. The van der Waals surface area contributed by atoms with Crippen LogP contribution in [0, 0.1) is 5.92 Å². The largest absolute Gasteiger partial charge is 0.481 e. The van der Waals surface area contributed by atoms with Gasteiger partial charge in [-0.05, 0) is 11.1 Å². The molecule has 2 rings (SSSR count). The van der Waals surface area contributed by atoms with Crippen molar-refractivity contribution >= 4 is 5.97 Å². The fourth-order valence-electron chi connectivity index (χ4n) is 2.23. The number of allylic oxidation sites excluding steroid dienone is 4. The van der Waals surface area contributed by atoms with E-state index in [4.69, 9.17) is 0 Å². The topological polar surface area (TPSA) is 61.4 Å². The maximum Gasteiger partial charge on any atom is 0.312 e. The van der Waals surface area contributed by atoms with Gasteiger partial charge in [0.2, 0.25) is 0 Å². The van der Waals surface area contributed by atoms with Crippen LogP contribution in [0.3, 0.4) is 0 Å². The Balaban J connectivity index is 2.30. The van der Waals surface area contributed by atoms with Crippen molar-refractivity contribution in [2.75, 3.05) is 19.6 Å². The molecule has 1 atom stereocenters. The summed E-state index contributed by atoms with van der Waals surface area (Å²) in [5, 5.41) is 15.6. The third-order valence-electron chi connectivity index (χ3n) is 3.00. The van der Waals surface area contributed by atoms with Gasteiger partial charge in [0.15, 0.2) is 0 Å². The van der Waals surface area contributed by atoms with Crippen LogP contribution >= 0.6 is 0 Å². The van der Waals surface area contributed by atoms with E-state index < -0.39 is 11.9 Å². The van der Waals surface area contributed by atoms with Gasteiger partial charge >= 0.3 is 5.97 Å². The van der Waals surface area contributed by atoms with Gasteiger partial charge in [-0.1, -0.05) is 30.9 Å². The number of nitrogens with one attached hydrogen (secondary N) is 2. The first-order valence-electron chi connectivity index (χ1n) is 5.63. The van der Waals surface area contributed by atoms with Crippen LogP contribution in [0.25, 0.3) is 0 Å². The third-order valence-corrected chi connectivity index (χ3v) is 3.00. The zero-order valence-corrected chi connectivity index (χ0v) is 9.57. The Hall–Kier alpha value is -1.81. The van der Waals surface area contributed by atoms with Gasteiger partial charge in [-0.15, -0.1) is 0 Å². The molecular weight excluding hydrogens is 216 g/mol. The minimum Gasteiger partial charge on any atom is -0.481 e. The Morgan fingerprint density at radius 3 is 2.94 bits per heavy atom. The van der Waals surface area contributed by atoms with Crippen LogP contribution in [-0.2, 0) is 4.79 Å². The van der Waals surface area contributed by atoms with Crippen LogP contribution in [0.4, 0.5) is 0 Å². The van der Waals surface area contributed by atoms with E-state index in [9.17, 15) is 9.90 Å². The molecule has 0 saturated heterocycles. The van der Waals surface area contributed by atoms with Crippen molar-refractivity contribution in [1.82, 2.24) is 10.6 Å². The second kappa shape index (κ2) is 5.01. The summed E-state index contributed by atoms with van der Waals surface area (Å²) >= 11 is 0. The molecule has 17 heavy (non-hydrogen) atoms. The number of hydrogen-bond donors (Lipinski definition) is 3. The quantitative estimate of drug-likeness (QED) is 0.630. The van der Waals surface area contributed by atoms with Gasteiger partial charge in [0.05, 0.1) is 5.92 Å². The van der Waals surface area contributed by atoms with Crippen molar-refractivity contribution in [3.63, 3.8) is 0 Å². The molecule has 0 aliphatic carbocycles. The second-order valence-electron chi connectivity index (χ2n) is 4.08. The molecule has 0 amide bonds. The van der Waals surface area contributed by atoms with Gasteiger partial charge in [-0.25, -0.2) is 0 Å². The number of rotatable bonds is 3. The average Bonchev–Trinajstić information content (AvgIpc) is 2.73. The normalized spacial score (nSPS) is 26.1. The van der Waals surface area contributed by atoms with Crippen molar-refractivity contribution in [2.24, 2.45) is 5.92 Å². The lowest BCUT2D eigenvalue weighted by atomic mass is 9.90. The monoisotopic (exact) mass is 232 g/mol. The van der Waals surface area contributed by atoms with E-state index in [1.165, 1.54) is 0 Å². The highest BCUT2D eigenvalue weighted by molar-refractivity contribution is 5.77. The maximum atomic E-state index is 11.2. The molecule has 4 heteroatoms. The lowest BCUT2D eigenvalue weighted by Gasteiger charge is -2.22. The molecular formula is C13H16N2O2. The maximum absolute atomic E-state index is 11.2.